The SMILES string of the molecule is C=CCCOc1ccc(C)cc1C(C)NCCC. The van der Waals surface area contributed by atoms with Gasteiger partial charge in [0, 0.05) is 11.6 Å². The van der Waals surface area contributed by atoms with E-state index in [4.69, 9.17) is 4.74 Å². The quantitative estimate of drug-likeness (QED) is 0.553. The Kier molecular flexibility index (Phi) is 6.51. The van der Waals surface area contributed by atoms with E-state index in [-0.39, 0.29) is 0 Å². The third-order valence-corrected chi connectivity index (χ3v) is 2.91. The minimum Gasteiger partial charge on any atom is -0.493 e. The van der Waals surface area contributed by atoms with Crippen LogP contribution in [-0.2, 0) is 0 Å². The number of aryl methyl sites for hydroxylation is 1. The smallest absolute Gasteiger partial charge is 0.124 e. The van der Waals surface area contributed by atoms with Crippen molar-refractivity contribution in [3.05, 3.63) is 42.0 Å². The van der Waals surface area contributed by atoms with Crippen molar-refractivity contribution < 1.29 is 4.74 Å². The molecule has 0 aromatic heterocycles. The van der Waals surface area contributed by atoms with Gasteiger partial charge in [-0.3, -0.25) is 0 Å². The van der Waals surface area contributed by atoms with E-state index in [1.807, 2.05) is 6.08 Å². The van der Waals surface area contributed by atoms with E-state index in [9.17, 15) is 0 Å². The van der Waals surface area contributed by atoms with Crippen molar-refractivity contribution in [1.29, 1.82) is 0 Å². The molecule has 1 aromatic carbocycles. The fraction of sp³-hybridized carbons (Fsp3) is 0.500. The summed E-state index contributed by atoms with van der Waals surface area (Å²) in [5.74, 6) is 0.985. The molecule has 0 amide bonds. The van der Waals surface area contributed by atoms with Gasteiger partial charge in [-0.2, -0.15) is 0 Å². The fourth-order valence-electron chi connectivity index (χ4n) is 1.86. The topological polar surface area (TPSA) is 21.3 Å². The molecule has 2 heteroatoms. The second kappa shape index (κ2) is 7.93. The lowest BCUT2D eigenvalue weighted by Crippen LogP contribution is -2.20. The van der Waals surface area contributed by atoms with Gasteiger partial charge in [-0.1, -0.05) is 30.7 Å². The van der Waals surface area contributed by atoms with Crippen LogP contribution in [-0.4, -0.2) is 13.2 Å². The van der Waals surface area contributed by atoms with Gasteiger partial charge in [-0.05, 0) is 39.3 Å². The summed E-state index contributed by atoms with van der Waals surface area (Å²) in [6.07, 6.45) is 3.90. The van der Waals surface area contributed by atoms with Crippen molar-refractivity contribution in [3.63, 3.8) is 0 Å². The lowest BCUT2D eigenvalue weighted by molar-refractivity contribution is 0.318. The molecule has 0 bridgehead atoms. The summed E-state index contributed by atoms with van der Waals surface area (Å²) in [6, 6.07) is 6.69. The predicted molar refractivity (Wildman–Crippen MR) is 78.2 cm³/mol. The number of hydrogen-bond acceptors (Lipinski definition) is 2. The van der Waals surface area contributed by atoms with Gasteiger partial charge in [0.25, 0.3) is 0 Å². The van der Waals surface area contributed by atoms with Gasteiger partial charge in [0.15, 0.2) is 0 Å². The molecule has 0 saturated carbocycles. The summed E-state index contributed by atoms with van der Waals surface area (Å²) in [7, 11) is 0. The summed E-state index contributed by atoms with van der Waals surface area (Å²) in [5.41, 5.74) is 2.51. The van der Waals surface area contributed by atoms with E-state index >= 15 is 0 Å². The van der Waals surface area contributed by atoms with Gasteiger partial charge in [0.1, 0.15) is 5.75 Å². The molecule has 1 rings (SSSR count). The number of hydrogen-bond donors (Lipinski definition) is 1. The monoisotopic (exact) mass is 247 g/mol. The molecule has 0 heterocycles. The third-order valence-electron chi connectivity index (χ3n) is 2.91. The standard InChI is InChI=1S/C16H25NO/c1-5-7-11-18-16-9-8-13(3)12-15(16)14(4)17-10-6-2/h5,8-9,12,14,17H,1,6-7,10-11H2,2-4H3. The van der Waals surface area contributed by atoms with Crippen LogP contribution in [0.3, 0.4) is 0 Å². The van der Waals surface area contributed by atoms with Gasteiger partial charge in [0.05, 0.1) is 6.61 Å². The predicted octanol–water partition coefficient (Wildman–Crippen LogP) is 4.01. The van der Waals surface area contributed by atoms with Crippen LogP contribution in [0.2, 0.25) is 0 Å². The number of nitrogens with one attached hydrogen (secondary N) is 1. The zero-order valence-corrected chi connectivity index (χ0v) is 11.8. The van der Waals surface area contributed by atoms with E-state index in [2.05, 4.69) is 50.9 Å². The molecule has 0 aliphatic carbocycles. The largest absolute Gasteiger partial charge is 0.493 e. The van der Waals surface area contributed by atoms with Crippen molar-refractivity contribution in [1.82, 2.24) is 5.32 Å². The van der Waals surface area contributed by atoms with Crippen LogP contribution in [0.15, 0.2) is 30.9 Å². The zero-order valence-electron chi connectivity index (χ0n) is 11.8. The summed E-state index contributed by atoms with van der Waals surface area (Å²) in [6.45, 7) is 11.9. The van der Waals surface area contributed by atoms with Gasteiger partial charge in [-0.25, -0.2) is 0 Å². The van der Waals surface area contributed by atoms with Gasteiger partial charge >= 0.3 is 0 Å². The molecule has 1 N–H and O–H groups in total. The maximum atomic E-state index is 5.82. The Morgan fingerprint density at radius 1 is 1.44 bits per heavy atom. The van der Waals surface area contributed by atoms with Gasteiger partial charge in [-0.15, -0.1) is 6.58 Å². The average Bonchev–Trinajstić information content (AvgIpc) is 2.38. The fourth-order valence-corrected chi connectivity index (χ4v) is 1.86. The molecule has 0 aliphatic rings. The van der Waals surface area contributed by atoms with E-state index in [0.29, 0.717) is 12.6 Å². The highest BCUT2D eigenvalue weighted by atomic mass is 16.5. The molecule has 18 heavy (non-hydrogen) atoms. The van der Waals surface area contributed by atoms with Crippen LogP contribution in [0.4, 0.5) is 0 Å². The highest BCUT2D eigenvalue weighted by Crippen LogP contribution is 2.26. The molecule has 0 radical (unpaired) electrons. The van der Waals surface area contributed by atoms with Crippen molar-refractivity contribution in [2.75, 3.05) is 13.2 Å². The van der Waals surface area contributed by atoms with Crippen LogP contribution in [0.1, 0.15) is 43.9 Å². The minimum atomic E-state index is 0.323. The molecular weight excluding hydrogens is 222 g/mol. The molecule has 1 atom stereocenters. The first-order valence-corrected chi connectivity index (χ1v) is 6.76. The third kappa shape index (κ3) is 4.53. The average molecular weight is 247 g/mol. The minimum absolute atomic E-state index is 0.323. The Bertz CT molecular complexity index is 373. The Morgan fingerprint density at radius 2 is 2.22 bits per heavy atom. The molecule has 0 saturated heterocycles. The van der Waals surface area contributed by atoms with Crippen molar-refractivity contribution in [2.24, 2.45) is 0 Å². The molecule has 1 unspecified atom stereocenters. The number of benzene rings is 1. The molecule has 1 aromatic rings. The lowest BCUT2D eigenvalue weighted by Gasteiger charge is -2.18. The normalized spacial score (nSPS) is 12.2. The second-order valence-electron chi connectivity index (χ2n) is 4.64. The summed E-state index contributed by atoms with van der Waals surface area (Å²) < 4.78 is 5.82. The second-order valence-corrected chi connectivity index (χ2v) is 4.64. The molecule has 0 spiro atoms. The van der Waals surface area contributed by atoms with E-state index in [1.54, 1.807) is 0 Å². The van der Waals surface area contributed by atoms with E-state index in [0.717, 1.165) is 25.1 Å². The van der Waals surface area contributed by atoms with Crippen LogP contribution < -0.4 is 10.1 Å². The maximum absolute atomic E-state index is 5.82. The van der Waals surface area contributed by atoms with E-state index in [1.165, 1.54) is 11.1 Å². The van der Waals surface area contributed by atoms with Crippen LogP contribution >= 0.6 is 0 Å². The Labute approximate surface area is 111 Å². The van der Waals surface area contributed by atoms with Crippen molar-refractivity contribution in [3.8, 4) is 5.75 Å². The summed E-state index contributed by atoms with van der Waals surface area (Å²) >= 11 is 0. The first kappa shape index (κ1) is 14.8. The van der Waals surface area contributed by atoms with Crippen LogP contribution in [0.25, 0.3) is 0 Å². The number of ether oxygens (including phenoxy) is 1. The molecule has 0 fully saturated rings. The Morgan fingerprint density at radius 3 is 2.89 bits per heavy atom. The van der Waals surface area contributed by atoms with Crippen molar-refractivity contribution >= 4 is 0 Å². The van der Waals surface area contributed by atoms with Crippen molar-refractivity contribution in [2.45, 2.75) is 39.7 Å². The first-order chi connectivity index (χ1) is 8.69. The maximum Gasteiger partial charge on any atom is 0.124 e. The van der Waals surface area contributed by atoms with E-state index < -0.39 is 0 Å². The summed E-state index contributed by atoms with van der Waals surface area (Å²) in [5, 5.41) is 3.51. The lowest BCUT2D eigenvalue weighted by atomic mass is 10.0. The molecule has 2 nitrogen and oxygen atoms in total. The van der Waals surface area contributed by atoms with Crippen LogP contribution in [0, 0.1) is 6.92 Å². The highest BCUT2D eigenvalue weighted by Gasteiger charge is 2.11. The Balaban J connectivity index is 2.78. The molecular formula is C16H25NO. The molecule has 100 valence electrons. The summed E-state index contributed by atoms with van der Waals surface area (Å²) in [4.78, 5) is 0. The number of rotatable bonds is 8. The Hall–Kier alpha value is -1.28. The molecule has 0 aliphatic heterocycles. The van der Waals surface area contributed by atoms with Gasteiger partial charge < -0.3 is 10.1 Å². The first-order valence-electron chi connectivity index (χ1n) is 6.76. The zero-order chi connectivity index (χ0) is 13.4. The van der Waals surface area contributed by atoms with Gasteiger partial charge in [0.2, 0.25) is 0 Å². The highest BCUT2D eigenvalue weighted by molar-refractivity contribution is 5.39. The van der Waals surface area contributed by atoms with Crippen LogP contribution in [0.5, 0.6) is 5.75 Å².